The van der Waals surface area contributed by atoms with Gasteiger partial charge in [-0.05, 0) is 18.5 Å². The van der Waals surface area contributed by atoms with Gasteiger partial charge in [0.25, 0.3) is 5.95 Å². The third-order valence-electron chi connectivity index (χ3n) is 2.15. The molecule has 1 N–H and O–H groups in total. The Morgan fingerprint density at radius 1 is 1.40 bits per heavy atom. The number of nitrogens with zero attached hydrogens (tertiary/aromatic N) is 6. The van der Waals surface area contributed by atoms with E-state index in [2.05, 4.69) is 30.4 Å². The maximum atomic E-state index is 11.2. The number of halogens is 1. The first-order chi connectivity index (χ1) is 9.33. The first-order valence-electron chi connectivity index (χ1n) is 5.54. The number of hydrogen-bond acceptors (Lipinski definition) is 8. The van der Waals surface area contributed by atoms with E-state index in [0.717, 1.165) is 6.26 Å². The second kappa shape index (κ2) is 5.67. The maximum absolute atomic E-state index is 11.2. The van der Waals surface area contributed by atoms with Gasteiger partial charge in [0, 0.05) is 12.3 Å². The van der Waals surface area contributed by atoms with Gasteiger partial charge in [0.15, 0.2) is 0 Å². The summed E-state index contributed by atoms with van der Waals surface area (Å²) in [4.78, 5) is 15.7. The number of sulfone groups is 1. The van der Waals surface area contributed by atoms with Crippen molar-refractivity contribution in [2.24, 2.45) is 0 Å². The molecule has 0 amide bonds. The van der Waals surface area contributed by atoms with Crippen molar-refractivity contribution >= 4 is 27.4 Å². The van der Waals surface area contributed by atoms with E-state index in [-0.39, 0.29) is 29.0 Å². The van der Waals surface area contributed by atoms with Gasteiger partial charge in [-0.25, -0.2) is 13.4 Å². The molecule has 0 saturated heterocycles. The summed E-state index contributed by atoms with van der Waals surface area (Å²) in [6.07, 6.45) is 3.90. The quantitative estimate of drug-likeness (QED) is 0.816. The Morgan fingerprint density at radius 2 is 2.15 bits per heavy atom. The van der Waals surface area contributed by atoms with E-state index in [0.29, 0.717) is 0 Å². The highest BCUT2D eigenvalue weighted by Crippen LogP contribution is 2.10. The van der Waals surface area contributed by atoms with Crippen molar-refractivity contribution in [2.75, 3.05) is 17.3 Å². The van der Waals surface area contributed by atoms with Crippen molar-refractivity contribution in [3.8, 4) is 5.95 Å². The Kier molecular flexibility index (Phi) is 4.14. The van der Waals surface area contributed by atoms with Gasteiger partial charge in [0.1, 0.15) is 22.5 Å². The topological polar surface area (TPSA) is 116 Å². The summed E-state index contributed by atoms with van der Waals surface area (Å²) < 4.78 is 23.7. The molecule has 1 atom stereocenters. The van der Waals surface area contributed by atoms with Crippen LogP contribution in [0.1, 0.15) is 6.92 Å². The van der Waals surface area contributed by atoms with Crippen molar-refractivity contribution in [1.29, 1.82) is 0 Å². The highest BCUT2D eigenvalue weighted by molar-refractivity contribution is 7.90. The van der Waals surface area contributed by atoms with Crippen LogP contribution in [0.2, 0.25) is 5.28 Å². The summed E-state index contributed by atoms with van der Waals surface area (Å²) in [6.45, 7) is 1.70. The Labute approximate surface area is 120 Å². The summed E-state index contributed by atoms with van der Waals surface area (Å²) in [6, 6.07) is -0.368. The lowest BCUT2D eigenvalue weighted by Crippen LogP contribution is -2.26. The number of anilines is 1. The van der Waals surface area contributed by atoms with Gasteiger partial charge in [-0.15, -0.1) is 0 Å². The molecule has 0 aliphatic rings. The van der Waals surface area contributed by atoms with E-state index in [4.69, 9.17) is 11.6 Å². The van der Waals surface area contributed by atoms with Crippen molar-refractivity contribution in [1.82, 2.24) is 29.7 Å². The molecular weight excluding hydrogens is 306 g/mol. The van der Waals surface area contributed by atoms with E-state index in [1.807, 2.05) is 0 Å². The van der Waals surface area contributed by atoms with Crippen LogP contribution in [0, 0.1) is 0 Å². The Hall–Kier alpha value is -1.81. The summed E-state index contributed by atoms with van der Waals surface area (Å²) >= 11 is 5.80. The van der Waals surface area contributed by atoms with Gasteiger partial charge >= 0.3 is 0 Å². The smallest absolute Gasteiger partial charge is 0.258 e. The number of hydrogen-bond donors (Lipinski definition) is 1. The second-order valence-corrected chi connectivity index (χ2v) is 6.73. The number of nitrogens with one attached hydrogen (secondary N) is 1. The summed E-state index contributed by atoms with van der Waals surface area (Å²) in [7, 11) is -3.10. The minimum Gasteiger partial charge on any atom is -0.351 e. The zero-order chi connectivity index (χ0) is 14.8. The summed E-state index contributed by atoms with van der Waals surface area (Å²) in [5.74, 6) is 0.317. The molecule has 0 spiro atoms. The van der Waals surface area contributed by atoms with Crippen LogP contribution in [-0.4, -0.2) is 56.2 Å². The van der Waals surface area contributed by atoms with Crippen molar-refractivity contribution in [3.05, 3.63) is 17.9 Å². The molecule has 20 heavy (non-hydrogen) atoms. The van der Waals surface area contributed by atoms with Crippen LogP contribution in [0.15, 0.2) is 12.7 Å². The molecule has 0 radical (unpaired) electrons. The van der Waals surface area contributed by atoms with Crippen LogP contribution in [-0.2, 0) is 9.84 Å². The molecule has 2 aromatic rings. The van der Waals surface area contributed by atoms with Gasteiger partial charge in [0.05, 0.1) is 5.75 Å². The third kappa shape index (κ3) is 4.10. The monoisotopic (exact) mass is 317 g/mol. The molecule has 0 bridgehead atoms. The molecule has 9 nitrogen and oxygen atoms in total. The molecule has 2 aromatic heterocycles. The summed E-state index contributed by atoms with van der Waals surface area (Å²) in [5, 5.41) is 6.70. The fourth-order valence-corrected chi connectivity index (χ4v) is 2.68. The van der Waals surface area contributed by atoms with Crippen LogP contribution < -0.4 is 5.32 Å². The van der Waals surface area contributed by atoms with Gasteiger partial charge < -0.3 is 5.32 Å². The first kappa shape index (κ1) is 14.6. The average Bonchev–Trinajstić information content (AvgIpc) is 2.78. The van der Waals surface area contributed by atoms with E-state index in [9.17, 15) is 8.42 Å². The minimum atomic E-state index is -3.10. The van der Waals surface area contributed by atoms with Crippen molar-refractivity contribution in [3.63, 3.8) is 0 Å². The number of aromatic nitrogens is 6. The van der Waals surface area contributed by atoms with Gasteiger partial charge in [-0.3, -0.25) is 0 Å². The molecular formula is C9H12ClN7O2S. The Balaban J connectivity index is 2.21. The summed E-state index contributed by atoms with van der Waals surface area (Å²) in [5.41, 5.74) is 0. The van der Waals surface area contributed by atoms with Crippen LogP contribution in [0.4, 0.5) is 5.95 Å². The van der Waals surface area contributed by atoms with E-state index in [1.165, 1.54) is 17.3 Å². The third-order valence-corrected chi connectivity index (χ3v) is 3.42. The fourth-order valence-electron chi connectivity index (χ4n) is 1.53. The van der Waals surface area contributed by atoms with E-state index >= 15 is 0 Å². The average molecular weight is 318 g/mol. The van der Waals surface area contributed by atoms with Crippen LogP contribution in [0.25, 0.3) is 5.95 Å². The maximum Gasteiger partial charge on any atom is 0.258 e. The molecule has 0 aliphatic heterocycles. The Bertz CT molecular complexity index is 688. The lowest BCUT2D eigenvalue weighted by molar-refractivity contribution is 0.597. The lowest BCUT2D eigenvalue weighted by atomic mass is 10.4. The highest BCUT2D eigenvalue weighted by atomic mass is 35.5. The van der Waals surface area contributed by atoms with Gasteiger partial charge in [0.2, 0.25) is 11.2 Å². The molecule has 0 saturated carbocycles. The first-order valence-corrected chi connectivity index (χ1v) is 7.98. The minimum absolute atomic E-state index is 0.0282. The SMILES string of the molecule is CC(CS(C)(=O)=O)Nc1nc(Cl)nc(-n2cncn2)n1. The molecule has 108 valence electrons. The van der Waals surface area contributed by atoms with Crippen LogP contribution >= 0.6 is 11.6 Å². The fraction of sp³-hybridized carbons (Fsp3) is 0.444. The zero-order valence-corrected chi connectivity index (χ0v) is 12.3. The van der Waals surface area contributed by atoms with Gasteiger partial charge in [-0.1, -0.05) is 0 Å². The highest BCUT2D eigenvalue weighted by Gasteiger charge is 2.13. The predicted molar refractivity (Wildman–Crippen MR) is 72.5 cm³/mol. The van der Waals surface area contributed by atoms with Crippen molar-refractivity contribution < 1.29 is 8.42 Å². The zero-order valence-electron chi connectivity index (χ0n) is 10.7. The van der Waals surface area contributed by atoms with Gasteiger partial charge in [-0.2, -0.15) is 24.7 Å². The van der Waals surface area contributed by atoms with Crippen LogP contribution in [0.3, 0.4) is 0 Å². The number of rotatable bonds is 5. The molecule has 0 aromatic carbocycles. The predicted octanol–water partition coefficient (Wildman–Crippen LogP) is -0.0493. The van der Waals surface area contributed by atoms with Crippen LogP contribution in [0.5, 0.6) is 0 Å². The molecule has 1 unspecified atom stereocenters. The second-order valence-electron chi connectivity index (χ2n) is 4.21. The standard InChI is InChI=1S/C9H12ClN7O2S/c1-6(3-20(2,18)19)13-8-14-7(10)15-9(16-8)17-5-11-4-12-17/h4-6H,3H2,1-2H3,(H,13,14,15,16). The normalized spacial score (nSPS) is 13.2. The largest absolute Gasteiger partial charge is 0.351 e. The molecule has 11 heteroatoms. The van der Waals surface area contributed by atoms with E-state index < -0.39 is 9.84 Å². The molecule has 0 fully saturated rings. The Morgan fingerprint density at radius 3 is 2.75 bits per heavy atom. The molecule has 2 rings (SSSR count). The van der Waals surface area contributed by atoms with Crippen molar-refractivity contribution in [2.45, 2.75) is 13.0 Å². The van der Waals surface area contributed by atoms with E-state index in [1.54, 1.807) is 6.92 Å². The lowest BCUT2D eigenvalue weighted by Gasteiger charge is -2.12. The molecule has 0 aliphatic carbocycles. The molecule has 2 heterocycles.